The lowest BCUT2D eigenvalue weighted by Crippen LogP contribution is -1.96. The maximum Gasteiger partial charge on any atom is 0.0953 e. The maximum absolute atomic E-state index is 4.56. The smallest absolute Gasteiger partial charge is 0.0953 e. The van der Waals surface area contributed by atoms with Crippen LogP contribution in [0.15, 0.2) is 12.4 Å². The molecule has 4 heteroatoms. The molecule has 0 saturated heterocycles. The van der Waals surface area contributed by atoms with Gasteiger partial charge in [-0.2, -0.15) is 0 Å². The van der Waals surface area contributed by atoms with Crippen LogP contribution in [0.25, 0.3) is 0 Å². The normalized spacial score (nSPS) is 14.7. The minimum absolute atomic E-state index is 0.538. The molecule has 0 aliphatic rings. The lowest BCUT2D eigenvalue weighted by atomic mass is 9.97. The Morgan fingerprint density at radius 2 is 1.09 bits per heavy atom. The molecule has 2 aromatic heterocycles. The molecule has 0 aliphatic carbocycles. The largest absolute Gasteiger partial charge is 0.249 e. The first-order valence-corrected chi connectivity index (χ1v) is 9.93. The van der Waals surface area contributed by atoms with Crippen LogP contribution in [0.5, 0.6) is 0 Å². The average Bonchev–Trinajstić information content (AvgIpc) is 3.12. The molecule has 2 nitrogen and oxygen atoms in total. The van der Waals surface area contributed by atoms with Crippen LogP contribution in [0.1, 0.15) is 97.8 Å². The van der Waals surface area contributed by atoms with Gasteiger partial charge in [-0.15, -0.1) is 22.7 Å². The molecule has 0 spiro atoms. The van der Waals surface area contributed by atoms with E-state index >= 15 is 0 Å². The maximum atomic E-state index is 4.56. The summed E-state index contributed by atoms with van der Waals surface area (Å²) in [6.45, 7) is 13.5. The molecule has 2 unspecified atom stereocenters. The van der Waals surface area contributed by atoms with Crippen LogP contribution in [0, 0.1) is 0 Å². The van der Waals surface area contributed by atoms with Crippen molar-refractivity contribution < 1.29 is 0 Å². The van der Waals surface area contributed by atoms with Gasteiger partial charge in [-0.25, -0.2) is 9.97 Å². The summed E-state index contributed by atoms with van der Waals surface area (Å²) in [7, 11) is 0. The number of hydrogen-bond acceptors (Lipinski definition) is 4. The molecule has 0 fully saturated rings. The lowest BCUT2D eigenvalue weighted by molar-refractivity contribution is 0.583. The number of hydrogen-bond donors (Lipinski definition) is 0. The Bertz CT molecular complexity index is 531. The first-order valence-electron chi connectivity index (χ1n) is 8.29. The molecule has 22 heavy (non-hydrogen) atoms. The zero-order valence-corrected chi connectivity index (χ0v) is 16.2. The molecule has 0 aromatic carbocycles. The van der Waals surface area contributed by atoms with Crippen molar-refractivity contribution in [3.8, 4) is 0 Å². The predicted octanol–water partition coefficient (Wildman–Crippen LogP) is 6.53. The van der Waals surface area contributed by atoms with E-state index in [1.54, 1.807) is 0 Å². The molecule has 2 aromatic rings. The van der Waals surface area contributed by atoms with E-state index in [1.165, 1.54) is 32.6 Å². The van der Waals surface area contributed by atoms with E-state index in [0.29, 0.717) is 23.7 Å². The highest BCUT2D eigenvalue weighted by Crippen LogP contribution is 2.34. The molecule has 2 rings (SSSR count). The van der Waals surface area contributed by atoms with Gasteiger partial charge in [0.15, 0.2) is 0 Å². The number of aromatic nitrogens is 2. The van der Waals surface area contributed by atoms with Crippen LogP contribution in [0.4, 0.5) is 0 Å². The van der Waals surface area contributed by atoms with Crippen LogP contribution in [-0.4, -0.2) is 9.97 Å². The van der Waals surface area contributed by atoms with Crippen molar-refractivity contribution in [2.45, 2.75) is 78.1 Å². The third-order valence-corrected chi connectivity index (χ3v) is 7.13. The van der Waals surface area contributed by atoms with Crippen molar-refractivity contribution in [1.82, 2.24) is 9.97 Å². The molecule has 0 aliphatic heterocycles. The van der Waals surface area contributed by atoms with E-state index in [1.807, 2.05) is 22.7 Å². The molecule has 0 bridgehead atoms. The number of rotatable bonds is 7. The number of thiazole rings is 2. The molecule has 0 saturated carbocycles. The van der Waals surface area contributed by atoms with Gasteiger partial charge in [0.2, 0.25) is 0 Å². The van der Waals surface area contributed by atoms with Gasteiger partial charge < -0.3 is 0 Å². The summed E-state index contributed by atoms with van der Waals surface area (Å²) in [6.07, 6.45) is 6.60. The fourth-order valence-corrected chi connectivity index (χ4v) is 4.39. The summed E-state index contributed by atoms with van der Waals surface area (Å²) in [6, 6.07) is 0. The van der Waals surface area contributed by atoms with Gasteiger partial charge in [0.25, 0.3) is 0 Å². The third-order valence-electron chi connectivity index (χ3n) is 4.07. The van der Waals surface area contributed by atoms with E-state index in [0.717, 1.165) is 0 Å². The van der Waals surface area contributed by atoms with Crippen LogP contribution in [0.3, 0.4) is 0 Å². The summed E-state index contributed by atoms with van der Waals surface area (Å²) < 4.78 is 0. The van der Waals surface area contributed by atoms with Crippen LogP contribution < -0.4 is 0 Å². The van der Waals surface area contributed by atoms with Crippen LogP contribution in [-0.2, 0) is 0 Å². The summed E-state index contributed by atoms with van der Waals surface area (Å²) in [5.74, 6) is 2.28. The van der Waals surface area contributed by atoms with Crippen molar-refractivity contribution in [3.63, 3.8) is 0 Å². The zero-order valence-electron chi connectivity index (χ0n) is 14.6. The van der Waals surface area contributed by atoms with Gasteiger partial charge in [0.1, 0.15) is 0 Å². The topological polar surface area (TPSA) is 25.8 Å². The van der Waals surface area contributed by atoms with Crippen LogP contribution in [0.2, 0.25) is 0 Å². The minimum atomic E-state index is 0.538. The molecule has 2 atom stereocenters. The zero-order chi connectivity index (χ0) is 16.3. The highest BCUT2D eigenvalue weighted by molar-refractivity contribution is 7.12. The van der Waals surface area contributed by atoms with Gasteiger partial charge in [-0.1, -0.05) is 41.5 Å². The summed E-state index contributed by atoms with van der Waals surface area (Å²) in [4.78, 5) is 12.0. The van der Waals surface area contributed by atoms with Crippen molar-refractivity contribution in [2.24, 2.45) is 0 Å². The van der Waals surface area contributed by atoms with Crippen LogP contribution >= 0.6 is 22.7 Å². The highest BCUT2D eigenvalue weighted by atomic mass is 32.1. The Hall–Kier alpha value is -0.740. The predicted molar refractivity (Wildman–Crippen MR) is 98.5 cm³/mol. The Kier molecular flexibility index (Phi) is 6.16. The SMILES string of the molecule is CC(C)c1ncc(C(C)CCC(C)c2cnc(C(C)C)s2)s1. The molecular formula is C18H28N2S2. The molecule has 2 heterocycles. The van der Waals surface area contributed by atoms with Crippen molar-refractivity contribution in [2.75, 3.05) is 0 Å². The Morgan fingerprint density at radius 1 is 0.727 bits per heavy atom. The van der Waals surface area contributed by atoms with E-state index in [-0.39, 0.29) is 0 Å². The molecule has 0 radical (unpaired) electrons. The highest BCUT2D eigenvalue weighted by Gasteiger charge is 2.16. The van der Waals surface area contributed by atoms with Crippen molar-refractivity contribution in [1.29, 1.82) is 0 Å². The van der Waals surface area contributed by atoms with E-state index in [9.17, 15) is 0 Å². The number of nitrogens with zero attached hydrogens (tertiary/aromatic N) is 2. The quantitative estimate of drug-likeness (QED) is 0.574. The van der Waals surface area contributed by atoms with Gasteiger partial charge in [-0.3, -0.25) is 0 Å². The van der Waals surface area contributed by atoms with Gasteiger partial charge >= 0.3 is 0 Å². The summed E-state index contributed by atoms with van der Waals surface area (Å²) >= 11 is 3.77. The Morgan fingerprint density at radius 3 is 1.36 bits per heavy atom. The molecule has 0 N–H and O–H groups in total. The van der Waals surface area contributed by atoms with E-state index in [2.05, 4.69) is 63.9 Å². The first kappa shape index (κ1) is 17.6. The second-order valence-corrected chi connectivity index (χ2v) is 9.08. The van der Waals surface area contributed by atoms with E-state index < -0.39 is 0 Å². The van der Waals surface area contributed by atoms with Gasteiger partial charge in [-0.05, 0) is 24.7 Å². The van der Waals surface area contributed by atoms with Gasteiger partial charge in [0.05, 0.1) is 10.0 Å². The monoisotopic (exact) mass is 336 g/mol. The van der Waals surface area contributed by atoms with Crippen molar-refractivity contribution >= 4 is 22.7 Å². The summed E-state index contributed by atoms with van der Waals surface area (Å²) in [5, 5.41) is 2.53. The summed E-state index contributed by atoms with van der Waals surface area (Å²) in [5.41, 5.74) is 0. The fourth-order valence-electron chi connectivity index (χ4n) is 2.38. The first-order chi connectivity index (χ1) is 10.4. The van der Waals surface area contributed by atoms with E-state index in [4.69, 9.17) is 0 Å². The molecule has 0 amide bonds. The van der Waals surface area contributed by atoms with Crippen molar-refractivity contribution in [3.05, 3.63) is 32.2 Å². The standard InChI is InChI=1S/C18H28N2S2/c1-11(2)17-19-9-15(21-17)13(5)7-8-14(6)16-10-20-18(22-16)12(3)4/h9-14H,7-8H2,1-6H3. The third kappa shape index (κ3) is 4.39. The molecular weight excluding hydrogens is 308 g/mol. The molecule has 122 valence electrons. The second kappa shape index (κ2) is 7.69. The lowest BCUT2D eigenvalue weighted by Gasteiger charge is -2.13. The Balaban J connectivity index is 1.90. The Labute approximate surface area is 143 Å². The second-order valence-electron chi connectivity index (χ2n) is 6.89. The fraction of sp³-hybridized carbons (Fsp3) is 0.667. The minimum Gasteiger partial charge on any atom is -0.249 e. The average molecular weight is 337 g/mol. The van der Waals surface area contributed by atoms with Gasteiger partial charge in [0, 0.05) is 34.0 Å².